The van der Waals surface area contributed by atoms with Crippen molar-refractivity contribution in [3.63, 3.8) is 0 Å². The number of nitrogens with zero attached hydrogens (tertiary/aromatic N) is 3. The monoisotopic (exact) mass is 400 g/mol. The summed E-state index contributed by atoms with van der Waals surface area (Å²) in [6.07, 6.45) is 3.42. The fourth-order valence-corrected chi connectivity index (χ4v) is 4.02. The molecule has 2 aliphatic heterocycles. The second kappa shape index (κ2) is 9.87. The number of rotatable bonds is 5. The molecule has 7 heteroatoms. The molecular weight excluding hydrogens is 368 g/mol. The van der Waals surface area contributed by atoms with Crippen LogP contribution in [0.2, 0.25) is 0 Å². The van der Waals surface area contributed by atoms with E-state index in [-0.39, 0.29) is 23.8 Å². The third-order valence-electron chi connectivity index (χ3n) is 5.92. The molecule has 3 amide bonds. The fourth-order valence-electron chi connectivity index (χ4n) is 4.02. The number of carbonyl (C=O) groups excluding carboxylic acids is 3. The highest BCUT2D eigenvalue weighted by atomic mass is 16.2. The summed E-state index contributed by atoms with van der Waals surface area (Å²) in [6, 6.07) is 7.25. The topological polar surface area (TPSA) is 73.0 Å². The number of likely N-dealkylation sites (tertiary alicyclic amines) is 1. The van der Waals surface area contributed by atoms with Gasteiger partial charge in [0, 0.05) is 58.3 Å². The van der Waals surface area contributed by atoms with E-state index in [9.17, 15) is 14.4 Å². The van der Waals surface area contributed by atoms with Gasteiger partial charge in [-0.1, -0.05) is 12.1 Å². The maximum Gasteiger partial charge on any atom is 0.253 e. The van der Waals surface area contributed by atoms with Gasteiger partial charge in [-0.15, -0.1) is 0 Å². The average Bonchev–Trinajstić information content (AvgIpc) is 2.77. The molecule has 2 saturated heterocycles. The summed E-state index contributed by atoms with van der Waals surface area (Å²) in [5.41, 5.74) is 1.62. The standard InChI is InChI=1S/C22H32N4O3/c1-17(21(28)25-10-4-3-5-11-25)24-12-14-26(15-13-24)22(29)20-8-6-19(7-9-20)16-23-18(2)27/h6-9,17H,3-5,10-16H2,1-2H3,(H,23,27). The summed E-state index contributed by atoms with van der Waals surface area (Å²) in [5.74, 6) is 0.168. The van der Waals surface area contributed by atoms with Crippen LogP contribution in [0.15, 0.2) is 24.3 Å². The number of piperazine rings is 1. The van der Waals surface area contributed by atoms with Crippen LogP contribution in [0.3, 0.4) is 0 Å². The molecule has 1 N–H and O–H groups in total. The number of hydrogen-bond donors (Lipinski definition) is 1. The minimum atomic E-state index is -0.126. The second-order valence-electron chi connectivity index (χ2n) is 8.00. The molecule has 29 heavy (non-hydrogen) atoms. The van der Waals surface area contributed by atoms with Crippen LogP contribution in [0.1, 0.15) is 49.0 Å². The minimum absolute atomic E-state index is 0.0192. The lowest BCUT2D eigenvalue weighted by Gasteiger charge is -2.39. The first-order valence-electron chi connectivity index (χ1n) is 10.6. The molecule has 7 nitrogen and oxygen atoms in total. The van der Waals surface area contributed by atoms with Gasteiger partial charge in [0.25, 0.3) is 5.91 Å². The third-order valence-corrected chi connectivity index (χ3v) is 5.92. The van der Waals surface area contributed by atoms with E-state index in [1.165, 1.54) is 13.3 Å². The highest BCUT2D eigenvalue weighted by molar-refractivity contribution is 5.94. The van der Waals surface area contributed by atoms with Gasteiger partial charge in [0.15, 0.2) is 0 Å². The lowest BCUT2D eigenvalue weighted by atomic mass is 10.1. The Labute approximate surface area is 173 Å². The van der Waals surface area contributed by atoms with Gasteiger partial charge in [0.1, 0.15) is 0 Å². The van der Waals surface area contributed by atoms with Gasteiger partial charge < -0.3 is 15.1 Å². The Balaban J connectivity index is 1.50. The highest BCUT2D eigenvalue weighted by Crippen LogP contribution is 2.15. The van der Waals surface area contributed by atoms with Crippen LogP contribution in [0.4, 0.5) is 0 Å². The Hall–Kier alpha value is -2.41. The molecule has 0 spiro atoms. The smallest absolute Gasteiger partial charge is 0.253 e. The molecule has 1 aromatic rings. The van der Waals surface area contributed by atoms with Gasteiger partial charge in [-0.05, 0) is 43.9 Å². The largest absolute Gasteiger partial charge is 0.352 e. The first-order chi connectivity index (χ1) is 14.0. The molecule has 0 saturated carbocycles. The van der Waals surface area contributed by atoms with Crippen LogP contribution < -0.4 is 5.32 Å². The van der Waals surface area contributed by atoms with Crippen LogP contribution in [-0.4, -0.2) is 77.7 Å². The molecule has 2 aliphatic rings. The zero-order chi connectivity index (χ0) is 20.8. The van der Waals surface area contributed by atoms with Crippen molar-refractivity contribution in [3.05, 3.63) is 35.4 Å². The van der Waals surface area contributed by atoms with Crippen LogP contribution in [0, 0.1) is 0 Å². The summed E-state index contributed by atoms with van der Waals surface area (Å²) < 4.78 is 0. The Morgan fingerprint density at radius 2 is 1.52 bits per heavy atom. The molecule has 2 fully saturated rings. The van der Waals surface area contributed by atoms with E-state index in [0.29, 0.717) is 38.3 Å². The fraction of sp³-hybridized carbons (Fsp3) is 0.591. The molecule has 1 aromatic carbocycles. The van der Waals surface area contributed by atoms with Crippen molar-refractivity contribution in [1.82, 2.24) is 20.0 Å². The number of benzene rings is 1. The Bertz CT molecular complexity index is 720. The van der Waals surface area contributed by atoms with Gasteiger partial charge in [-0.2, -0.15) is 0 Å². The summed E-state index contributed by atoms with van der Waals surface area (Å²) in [4.78, 5) is 42.6. The van der Waals surface area contributed by atoms with E-state index in [1.54, 1.807) is 0 Å². The summed E-state index contributed by atoms with van der Waals surface area (Å²) in [7, 11) is 0. The zero-order valence-electron chi connectivity index (χ0n) is 17.5. The first kappa shape index (κ1) is 21.3. The Kier molecular flexibility index (Phi) is 7.25. The van der Waals surface area contributed by atoms with Gasteiger partial charge >= 0.3 is 0 Å². The summed E-state index contributed by atoms with van der Waals surface area (Å²) in [5, 5.41) is 2.75. The van der Waals surface area contributed by atoms with Crippen molar-refractivity contribution < 1.29 is 14.4 Å². The molecule has 158 valence electrons. The SMILES string of the molecule is CC(=O)NCc1ccc(C(=O)N2CCN(C(C)C(=O)N3CCCCC3)CC2)cc1. The predicted octanol–water partition coefficient (Wildman–Crippen LogP) is 1.48. The predicted molar refractivity (Wildman–Crippen MR) is 111 cm³/mol. The summed E-state index contributed by atoms with van der Waals surface area (Å²) in [6.45, 7) is 8.37. The average molecular weight is 401 g/mol. The van der Waals surface area contributed by atoms with E-state index in [4.69, 9.17) is 0 Å². The molecule has 0 aliphatic carbocycles. The van der Waals surface area contributed by atoms with Crippen molar-refractivity contribution in [2.45, 2.75) is 45.7 Å². The maximum atomic E-state index is 12.8. The molecule has 1 atom stereocenters. The minimum Gasteiger partial charge on any atom is -0.352 e. The van der Waals surface area contributed by atoms with Gasteiger partial charge in [-0.3, -0.25) is 19.3 Å². The van der Waals surface area contributed by atoms with Gasteiger partial charge in [-0.25, -0.2) is 0 Å². The normalized spacial score (nSPS) is 19.0. The molecule has 2 heterocycles. The van der Waals surface area contributed by atoms with Crippen molar-refractivity contribution >= 4 is 17.7 Å². The van der Waals surface area contributed by atoms with E-state index < -0.39 is 0 Å². The molecule has 3 rings (SSSR count). The van der Waals surface area contributed by atoms with E-state index >= 15 is 0 Å². The molecule has 0 radical (unpaired) electrons. The molecular formula is C22H32N4O3. The number of carbonyl (C=O) groups is 3. The lowest BCUT2D eigenvalue weighted by Crippen LogP contribution is -2.56. The van der Waals surface area contributed by atoms with Crippen LogP contribution >= 0.6 is 0 Å². The maximum absolute atomic E-state index is 12.8. The van der Waals surface area contributed by atoms with Crippen molar-refractivity contribution in [3.8, 4) is 0 Å². The van der Waals surface area contributed by atoms with Crippen molar-refractivity contribution in [2.24, 2.45) is 0 Å². The quantitative estimate of drug-likeness (QED) is 0.813. The van der Waals surface area contributed by atoms with Crippen LogP contribution in [0.5, 0.6) is 0 Å². The number of hydrogen-bond acceptors (Lipinski definition) is 4. The Morgan fingerprint density at radius 1 is 0.897 bits per heavy atom. The summed E-state index contributed by atoms with van der Waals surface area (Å²) >= 11 is 0. The van der Waals surface area contributed by atoms with Crippen LogP contribution in [0.25, 0.3) is 0 Å². The lowest BCUT2D eigenvalue weighted by molar-refractivity contribution is -0.137. The zero-order valence-corrected chi connectivity index (χ0v) is 17.5. The Morgan fingerprint density at radius 3 is 2.10 bits per heavy atom. The van der Waals surface area contributed by atoms with Gasteiger partial charge in [0.05, 0.1) is 6.04 Å². The van der Waals surface area contributed by atoms with E-state index in [1.807, 2.05) is 41.0 Å². The number of piperidine rings is 1. The number of amides is 3. The molecule has 1 unspecified atom stereocenters. The van der Waals surface area contributed by atoms with Crippen molar-refractivity contribution in [2.75, 3.05) is 39.3 Å². The molecule has 0 bridgehead atoms. The van der Waals surface area contributed by atoms with E-state index in [0.717, 1.165) is 31.5 Å². The van der Waals surface area contributed by atoms with Crippen LogP contribution in [-0.2, 0) is 16.1 Å². The first-order valence-corrected chi connectivity index (χ1v) is 10.6. The number of nitrogens with one attached hydrogen (secondary N) is 1. The molecule has 0 aromatic heterocycles. The second-order valence-corrected chi connectivity index (χ2v) is 8.00. The van der Waals surface area contributed by atoms with Gasteiger partial charge in [0.2, 0.25) is 11.8 Å². The van der Waals surface area contributed by atoms with Crippen molar-refractivity contribution in [1.29, 1.82) is 0 Å². The van der Waals surface area contributed by atoms with E-state index in [2.05, 4.69) is 10.2 Å². The third kappa shape index (κ3) is 5.56. The highest BCUT2D eigenvalue weighted by Gasteiger charge is 2.30.